The Bertz CT molecular complexity index is 603. The molecule has 0 saturated carbocycles. The fourth-order valence-corrected chi connectivity index (χ4v) is 4.48. The third kappa shape index (κ3) is 3.28. The Hall–Kier alpha value is -0.960. The minimum atomic E-state index is -3.57. The zero-order chi connectivity index (χ0) is 15.7. The van der Waals surface area contributed by atoms with Crippen LogP contribution in [-0.4, -0.2) is 50.5 Å². The van der Waals surface area contributed by atoms with E-state index >= 15 is 0 Å². The van der Waals surface area contributed by atoms with Crippen molar-refractivity contribution in [3.8, 4) is 0 Å². The molecule has 1 aromatic rings. The van der Waals surface area contributed by atoms with Crippen LogP contribution in [0.15, 0.2) is 4.90 Å². The molecule has 1 aromatic heterocycles. The van der Waals surface area contributed by atoms with Crippen LogP contribution in [0.25, 0.3) is 0 Å². The summed E-state index contributed by atoms with van der Waals surface area (Å²) in [5.74, 6) is 0. The van der Waals surface area contributed by atoms with Crippen molar-refractivity contribution in [2.75, 3.05) is 26.8 Å². The van der Waals surface area contributed by atoms with Crippen molar-refractivity contribution in [3.05, 3.63) is 11.4 Å². The zero-order valence-corrected chi connectivity index (χ0v) is 13.9. The molecule has 21 heavy (non-hydrogen) atoms. The molecule has 8 heteroatoms. The third-order valence-corrected chi connectivity index (χ3v) is 5.72. The van der Waals surface area contributed by atoms with Gasteiger partial charge < -0.3 is 10.1 Å². The number of methoxy groups -OCH3 is 1. The molecule has 1 fully saturated rings. The van der Waals surface area contributed by atoms with Crippen molar-refractivity contribution >= 4 is 10.0 Å². The monoisotopic (exact) mass is 316 g/mol. The summed E-state index contributed by atoms with van der Waals surface area (Å²) in [6.45, 7) is 5.15. The molecule has 0 aromatic carbocycles. The summed E-state index contributed by atoms with van der Waals surface area (Å²) >= 11 is 0. The highest BCUT2D eigenvalue weighted by Gasteiger charge is 2.35. The van der Waals surface area contributed by atoms with E-state index in [1.807, 2.05) is 0 Å². The lowest BCUT2D eigenvalue weighted by atomic mass is 9.99. The molecular weight excluding hydrogens is 292 g/mol. The van der Waals surface area contributed by atoms with Gasteiger partial charge in [0.1, 0.15) is 4.90 Å². The normalized spacial score (nSPS) is 22.9. The standard InChI is InChI=1S/C13H24N4O3S/c1-10-12(11(2)17(3)16-10)21(18,19)15-8-13(9-20-4)6-5-7-14-13/h14-15H,5-9H2,1-4H3. The van der Waals surface area contributed by atoms with Gasteiger partial charge in [0, 0.05) is 20.7 Å². The Labute approximate surface area is 126 Å². The number of nitrogens with zero attached hydrogens (tertiary/aromatic N) is 2. The Morgan fingerprint density at radius 2 is 2.19 bits per heavy atom. The van der Waals surface area contributed by atoms with Gasteiger partial charge in [-0.25, -0.2) is 13.1 Å². The predicted octanol–water partition coefficient (Wildman–Crippen LogP) is 0.0838. The molecule has 0 amide bonds. The molecule has 2 rings (SSSR count). The summed E-state index contributed by atoms with van der Waals surface area (Å²) in [5, 5.41) is 7.52. The van der Waals surface area contributed by atoms with E-state index in [-0.39, 0.29) is 10.4 Å². The van der Waals surface area contributed by atoms with Crippen LogP contribution in [0.3, 0.4) is 0 Å². The number of sulfonamides is 1. The number of aryl methyl sites for hydroxylation is 2. The van der Waals surface area contributed by atoms with Crippen LogP contribution in [0.1, 0.15) is 24.2 Å². The van der Waals surface area contributed by atoms with Gasteiger partial charge in [0.15, 0.2) is 0 Å². The van der Waals surface area contributed by atoms with Gasteiger partial charge in [-0.1, -0.05) is 0 Å². The molecule has 1 saturated heterocycles. The maximum absolute atomic E-state index is 12.6. The van der Waals surface area contributed by atoms with Gasteiger partial charge in [0.05, 0.1) is 23.5 Å². The van der Waals surface area contributed by atoms with Crippen LogP contribution in [0.5, 0.6) is 0 Å². The predicted molar refractivity (Wildman–Crippen MR) is 79.7 cm³/mol. The quantitative estimate of drug-likeness (QED) is 0.776. The van der Waals surface area contributed by atoms with Gasteiger partial charge >= 0.3 is 0 Å². The van der Waals surface area contributed by atoms with E-state index in [0.717, 1.165) is 19.4 Å². The molecule has 0 radical (unpaired) electrons. The average molecular weight is 316 g/mol. The van der Waals surface area contributed by atoms with E-state index in [1.54, 1.807) is 32.7 Å². The number of hydrogen-bond acceptors (Lipinski definition) is 5. The fraction of sp³-hybridized carbons (Fsp3) is 0.769. The van der Waals surface area contributed by atoms with Gasteiger partial charge in [-0.15, -0.1) is 0 Å². The van der Waals surface area contributed by atoms with Gasteiger partial charge in [-0.3, -0.25) is 4.68 Å². The Morgan fingerprint density at radius 3 is 2.67 bits per heavy atom. The molecular formula is C13H24N4O3S. The first kappa shape index (κ1) is 16.4. The average Bonchev–Trinajstić information content (AvgIpc) is 2.95. The van der Waals surface area contributed by atoms with Crippen LogP contribution in [-0.2, 0) is 21.8 Å². The van der Waals surface area contributed by atoms with E-state index in [1.165, 1.54) is 0 Å². The lowest BCUT2D eigenvalue weighted by Crippen LogP contribution is -2.52. The molecule has 2 N–H and O–H groups in total. The molecule has 1 unspecified atom stereocenters. The number of aromatic nitrogens is 2. The smallest absolute Gasteiger partial charge is 0.244 e. The SMILES string of the molecule is COCC1(CNS(=O)(=O)c2c(C)nn(C)c2C)CCCN1. The third-order valence-electron chi connectivity index (χ3n) is 4.06. The zero-order valence-electron chi connectivity index (χ0n) is 13.1. The molecule has 0 aliphatic carbocycles. The highest BCUT2D eigenvalue weighted by Crippen LogP contribution is 2.22. The summed E-state index contributed by atoms with van der Waals surface area (Å²) in [5.41, 5.74) is 0.842. The summed E-state index contributed by atoms with van der Waals surface area (Å²) in [6.07, 6.45) is 1.92. The van der Waals surface area contributed by atoms with Crippen molar-refractivity contribution in [3.63, 3.8) is 0 Å². The van der Waals surface area contributed by atoms with Crippen molar-refractivity contribution in [2.24, 2.45) is 7.05 Å². The van der Waals surface area contributed by atoms with Crippen LogP contribution in [0, 0.1) is 13.8 Å². The highest BCUT2D eigenvalue weighted by atomic mass is 32.2. The second kappa shape index (κ2) is 6.04. The number of rotatable bonds is 6. The molecule has 1 aliphatic rings. The second-order valence-corrected chi connectivity index (χ2v) is 7.40. The molecule has 120 valence electrons. The van der Waals surface area contributed by atoms with Crippen molar-refractivity contribution in [2.45, 2.75) is 37.1 Å². The highest BCUT2D eigenvalue weighted by molar-refractivity contribution is 7.89. The van der Waals surface area contributed by atoms with Gasteiger partial charge in [-0.2, -0.15) is 5.10 Å². The number of nitrogens with one attached hydrogen (secondary N) is 2. The Morgan fingerprint density at radius 1 is 1.48 bits per heavy atom. The van der Waals surface area contributed by atoms with Crippen LogP contribution < -0.4 is 10.0 Å². The van der Waals surface area contributed by atoms with E-state index < -0.39 is 10.0 Å². The molecule has 1 aliphatic heterocycles. The van der Waals surface area contributed by atoms with Crippen LogP contribution >= 0.6 is 0 Å². The van der Waals surface area contributed by atoms with Crippen LogP contribution in [0.4, 0.5) is 0 Å². The minimum Gasteiger partial charge on any atom is -0.383 e. The van der Waals surface area contributed by atoms with Crippen molar-refractivity contribution in [1.29, 1.82) is 0 Å². The van der Waals surface area contributed by atoms with E-state index in [0.29, 0.717) is 24.5 Å². The molecule has 2 heterocycles. The summed E-state index contributed by atoms with van der Waals surface area (Å²) in [4.78, 5) is 0.274. The maximum Gasteiger partial charge on any atom is 0.244 e. The van der Waals surface area contributed by atoms with Crippen molar-refractivity contribution < 1.29 is 13.2 Å². The molecule has 0 bridgehead atoms. The van der Waals surface area contributed by atoms with E-state index in [2.05, 4.69) is 15.1 Å². The minimum absolute atomic E-state index is 0.274. The first-order valence-corrected chi connectivity index (χ1v) is 8.53. The topological polar surface area (TPSA) is 85.2 Å². The van der Waals surface area contributed by atoms with Crippen LogP contribution in [0.2, 0.25) is 0 Å². The molecule has 1 atom stereocenters. The van der Waals surface area contributed by atoms with Gasteiger partial charge in [-0.05, 0) is 33.2 Å². The fourth-order valence-electron chi connectivity index (χ4n) is 2.92. The first-order valence-electron chi connectivity index (χ1n) is 7.05. The Kier molecular flexibility index (Phi) is 4.72. The molecule has 0 spiro atoms. The maximum atomic E-state index is 12.6. The number of hydrogen-bond donors (Lipinski definition) is 2. The van der Waals surface area contributed by atoms with E-state index in [4.69, 9.17) is 4.74 Å². The number of ether oxygens (including phenoxy) is 1. The summed E-state index contributed by atoms with van der Waals surface area (Å²) in [7, 11) is -0.201. The van der Waals surface area contributed by atoms with Gasteiger partial charge in [0.25, 0.3) is 0 Å². The Balaban J connectivity index is 2.18. The van der Waals surface area contributed by atoms with Gasteiger partial charge in [0.2, 0.25) is 10.0 Å². The molecule has 7 nitrogen and oxygen atoms in total. The summed E-state index contributed by atoms with van der Waals surface area (Å²) in [6, 6.07) is 0. The lowest BCUT2D eigenvalue weighted by Gasteiger charge is -2.28. The largest absolute Gasteiger partial charge is 0.383 e. The lowest BCUT2D eigenvalue weighted by molar-refractivity contribution is 0.122. The van der Waals surface area contributed by atoms with Crippen molar-refractivity contribution in [1.82, 2.24) is 19.8 Å². The summed E-state index contributed by atoms with van der Waals surface area (Å²) < 4.78 is 34.7. The van der Waals surface area contributed by atoms with E-state index in [9.17, 15) is 8.42 Å². The first-order chi connectivity index (χ1) is 9.81. The second-order valence-electron chi connectivity index (χ2n) is 5.69.